The van der Waals surface area contributed by atoms with Crippen LogP contribution in [0.15, 0.2) is 60.7 Å². The Kier molecular flexibility index (Phi) is 6.89. The Labute approximate surface area is 199 Å². The van der Waals surface area contributed by atoms with Crippen LogP contribution in [0.25, 0.3) is 10.9 Å². The van der Waals surface area contributed by atoms with Gasteiger partial charge in [0.2, 0.25) is 0 Å². The number of hydrogen-bond acceptors (Lipinski definition) is 5. The number of ether oxygens (including phenoxy) is 2. The Bertz CT molecular complexity index is 1320. The summed E-state index contributed by atoms with van der Waals surface area (Å²) in [7, 11) is 3.21. The minimum atomic E-state index is -1.18. The van der Waals surface area contributed by atoms with Crippen LogP contribution in [0.4, 0.5) is 0 Å². The third-order valence-electron chi connectivity index (χ3n) is 6.08. The van der Waals surface area contributed by atoms with E-state index in [0.717, 1.165) is 33.2 Å². The summed E-state index contributed by atoms with van der Waals surface area (Å²) in [4.78, 5) is 12.4. The highest BCUT2D eigenvalue weighted by Crippen LogP contribution is 2.31. The molecule has 176 valence electrons. The van der Waals surface area contributed by atoms with Gasteiger partial charge in [-0.1, -0.05) is 54.1 Å². The lowest BCUT2D eigenvalue weighted by molar-refractivity contribution is -0.255. The number of para-hydroxylation sites is 1. The second-order valence-corrected chi connectivity index (χ2v) is 8.46. The molecule has 3 aromatic carbocycles. The fourth-order valence-corrected chi connectivity index (χ4v) is 4.40. The summed E-state index contributed by atoms with van der Waals surface area (Å²) < 4.78 is 12.8. The Balaban J connectivity index is 1.70. The van der Waals surface area contributed by atoms with Crippen LogP contribution in [0.5, 0.6) is 11.5 Å². The number of aromatic nitrogens is 1. The molecule has 0 unspecified atom stereocenters. The number of nitrogens with one attached hydrogen (secondary N) is 1. The first-order valence-corrected chi connectivity index (χ1v) is 11.2. The fraction of sp³-hybridized carbons (Fsp3) is 0.250. The van der Waals surface area contributed by atoms with Crippen molar-refractivity contribution in [3.05, 3.63) is 94.2 Å². The lowest BCUT2D eigenvalue weighted by Gasteiger charge is -2.15. The molecule has 0 amide bonds. The summed E-state index contributed by atoms with van der Waals surface area (Å²) in [6.45, 7) is 5.35. The monoisotopic (exact) mass is 457 g/mol. The quantitative estimate of drug-likeness (QED) is 0.412. The lowest BCUT2D eigenvalue weighted by atomic mass is 10.1. The Morgan fingerprint density at radius 1 is 0.941 bits per heavy atom. The summed E-state index contributed by atoms with van der Waals surface area (Å²) >= 11 is 0. The van der Waals surface area contributed by atoms with Crippen LogP contribution in [0.3, 0.4) is 0 Å². The van der Waals surface area contributed by atoms with E-state index in [0.29, 0.717) is 36.7 Å². The first-order chi connectivity index (χ1) is 16.4. The summed E-state index contributed by atoms with van der Waals surface area (Å²) in [5, 5.41) is 16.7. The van der Waals surface area contributed by atoms with Gasteiger partial charge in [-0.05, 0) is 37.1 Å². The van der Waals surface area contributed by atoms with Crippen LogP contribution in [0.1, 0.15) is 38.3 Å². The predicted molar refractivity (Wildman–Crippen MR) is 131 cm³/mol. The van der Waals surface area contributed by atoms with E-state index in [1.54, 1.807) is 14.2 Å². The third-order valence-corrected chi connectivity index (χ3v) is 6.08. The van der Waals surface area contributed by atoms with Gasteiger partial charge >= 0.3 is 0 Å². The highest BCUT2D eigenvalue weighted by Gasteiger charge is 2.19. The number of nitrogens with zero attached hydrogens (tertiary/aromatic N) is 1. The van der Waals surface area contributed by atoms with E-state index in [1.807, 2.05) is 79.1 Å². The molecule has 1 N–H and O–H groups in total. The van der Waals surface area contributed by atoms with Crippen LogP contribution in [-0.4, -0.2) is 24.8 Å². The van der Waals surface area contributed by atoms with Gasteiger partial charge in [-0.2, -0.15) is 0 Å². The van der Waals surface area contributed by atoms with E-state index in [4.69, 9.17) is 9.47 Å². The minimum Gasteiger partial charge on any atom is -0.543 e. The predicted octanol–water partition coefficient (Wildman–Crippen LogP) is 3.98. The molecule has 0 atom stereocenters. The van der Waals surface area contributed by atoms with Crippen LogP contribution in [0, 0.1) is 13.8 Å². The number of carbonyl (C=O) groups excluding carboxylic acids is 1. The van der Waals surface area contributed by atoms with Gasteiger partial charge in [-0.25, -0.2) is 0 Å². The van der Waals surface area contributed by atoms with Gasteiger partial charge in [0.15, 0.2) is 11.5 Å². The molecular weight excluding hydrogens is 428 g/mol. The van der Waals surface area contributed by atoms with Crippen molar-refractivity contribution >= 4 is 16.9 Å². The molecule has 34 heavy (non-hydrogen) atoms. The van der Waals surface area contributed by atoms with Gasteiger partial charge < -0.3 is 29.3 Å². The zero-order chi connectivity index (χ0) is 24.2. The van der Waals surface area contributed by atoms with Crippen LogP contribution in [0.2, 0.25) is 0 Å². The van der Waals surface area contributed by atoms with Gasteiger partial charge in [0.25, 0.3) is 0 Å². The van der Waals surface area contributed by atoms with Crippen molar-refractivity contribution in [3.63, 3.8) is 0 Å². The maximum atomic E-state index is 12.4. The van der Waals surface area contributed by atoms with Crippen LogP contribution in [-0.2, 0) is 19.6 Å². The zero-order valence-corrected chi connectivity index (χ0v) is 20.0. The number of benzene rings is 3. The van der Waals surface area contributed by atoms with E-state index in [9.17, 15) is 9.90 Å². The number of methoxy groups -OCH3 is 2. The summed E-state index contributed by atoms with van der Waals surface area (Å²) in [6, 6.07) is 19.9. The van der Waals surface area contributed by atoms with Crippen molar-refractivity contribution in [2.45, 2.75) is 33.5 Å². The van der Waals surface area contributed by atoms with Gasteiger partial charge in [0.1, 0.15) is 0 Å². The molecule has 0 bridgehead atoms. The van der Waals surface area contributed by atoms with E-state index in [2.05, 4.69) is 5.32 Å². The number of hydrogen-bond donors (Lipinski definition) is 1. The van der Waals surface area contributed by atoms with Gasteiger partial charge in [0.05, 0.1) is 25.9 Å². The Morgan fingerprint density at radius 3 is 2.35 bits per heavy atom. The molecule has 1 aromatic heterocycles. The van der Waals surface area contributed by atoms with Crippen LogP contribution >= 0.6 is 0 Å². The summed E-state index contributed by atoms with van der Waals surface area (Å²) in [6.07, 6.45) is 0. The molecule has 6 nitrogen and oxygen atoms in total. The molecule has 0 fully saturated rings. The van der Waals surface area contributed by atoms with Gasteiger partial charge in [-0.3, -0.25) is 0 Å². The molecule has 0 aliphatic heterocycles. The molecule has 4 aromatic rings. The molecule has 1 heterocycles. The van der Waals surface area contributed by atoms with Crippen molar-refractivity contribution in [3.8, 4) is 11.5 Å². The number of carboxylic acid groups (broad SMARTS) is 1. The normalized spacial score (nSPS) is 11.1. The Morgan fingerprint density at radius 2 is 1.68 bits per heavy atom. The topological polar surface area (TPSA) is 75.5 Å². The molecule has 0 saturated heterocycles. The van der Waals surface area contributed by atoms with E-state index in [1.165, 1.54) is 0 Å². The first kappa shape index (κ1) is 23.4. The maximum absolute atomic E-state index is 12.4. The van der Waals surface area contributed by atoms with Crippen molar-refractivity contribution in [1.29, 1.82) is 0 Å². The molecule has 0 aliphatic carbocycles. The van der Waals surface area contributed by atoms with E-state index >= 15 is 0 Å². The largest absolute Gasteiger partial charge is 0.543 e. The SMILES string of the molecule is COc1cccc(CNCc2c(C(=O)[O-])n(Cc3ccc(C)cc3)c3cc(C)ccc23)c1OC. The Hall–Kier alpha value is -3.77. The third kappa shape index (κ3) is 4.63. The average Bonchev–Trinajstić information content (AvgIpc) is 3.12. The van der Waals surface area contributed by atoms with E-state index < -0.39 is 5.97 Å². The molecule has 0 spiro atoms. The van der Waals surface area contributed by atoms with Gasteiger partial charge in [0, 0.05) is 41.7 Å². The molecule has 4 rings (SSSR count). The summed E-state index contributed by atoms with van der Waals surface area (Å²) in [5.41, 5.74) is 5.99. The van der Waals surface area contributed by atoms with E-state index in [-0.39, 0.29) is 5.69 Å². The number of rotatable bonds is 9. The fourth-order valence-electron chi connectivity index (χ4n) is 4.40. The molecule has 0 aliphatic rings. The average molecular weight is 458 g/mol. The number of aromatic carboxylic acids is 1. The maximum Gasteiger partial charge on any atom is 0.165 e. The number of aryl methyl sites for hydroxylation is 2. The van der Waals surface area contributed by atoms with Crippen LogP contribution < -0.4 is 19.9 Å². The number of fused-ring (bicyclic) bond motifs is 1. The number of carboxylic acids is 1. The van der Waals surface area contributed by atoms with Crippen molar-refractivity contribution in [2.75, 3.05) is 14.2 Å². The minimum absolute atomic E-state index is 0.200. The first-order valence-electron chi connectivity index (χ1n) is 11.2. The standard InChI is InChI=1S/C28H30N2O4/c1-18-8-11-20(12-9-18)17-30-24-14-19(2)10-13-22(24)23(26(30)28(31)32)16-29-15-21-6-5-7-25(33-3)27(21)34-4/h5-14,29H,15-17H2,1-4H3,(H,31,32)/p-1. The van der Waals surface area contributed by atoms with Gasteiger partial charge in [-0.15, -0.1) is 0 Å². The molecule has 0 saturated carbocycles. The molecule has 0 radical (unpaired) electrons. The zero-order valence-electron chi connectivity index (χ0n) is 20.0. The van der Waals surface area contributed by atoms with Crippen molar-refractivity contribution in [1.82, 2.24) is 9.88 Å². The highest BCUT2D eigenvalue weighted by molar-refractivity contribution is 5.97. The van der Waals surface area contributed by atoms with Crippen molar-refractivity contribution in [2.24, 2.45) is 0 Å². The second kappa shape index (κ2) is 10.0. The lowest BCUT2D eigenvalue weighted by Crippen LogP contribution is -2.28. The van der Waals surface area contributed by atoms with Crippen molar-refractivity contribution < 1.29 is 19.4 Å². The highest BCUT2D eigenvalue weighted by atomic mass is 16.5. The molecule has 6 heteroatoms. The number of carbonyl (C=O) groups is 1. The summed E-state index contributed by atoms with van der Waals surface area (Å²) in [5.74, 6) is 0.133. The second-order valence-electron chi connectivity index (χ2n) is 8.46. The molecular formula is C28H29N2O4-. The smallest absolute Gasteiger partial charge is 0.165 e.